The lowest BCUT2D eigenvalue weighted by atomic mass is 10.1. The number of carbonyl (C=O) groups is 1. The standard InChI is InChI=1S/C13H15F3N2O/c1-7-5-18(6-8(2)17-7)13(19)9-3-10(14)12(16)11(15)4-9/h3-4,7-8,17H,5-6H2,1-2H3/t7-,8+. The molecule has 1 amide bonds. The molecule has 2 atom stereocenters. The summed E-state index contributed by atoms with van der Waals surface area (Å²) < 4.78 is 39.1. The Morgan fingerprint density at radius 1 is 1.16 bits per heavy atom. The monoisotopic (exact) mass is 272 g/mol. The van der Waals surface area contributed by atoms with E-state index < -0.39 is 23.4 Å². The first-order valence-corrected chi connectivity index (χ1v) is 6.08. The Hall–Kier alpha value is -1.56. The number of halogens is 3. The second-order valence-corrected chi connectivity index (χ2v) is 4.93. The van der Waals surface area contributed by atoms with Crippen LogP contribution in [0.5, 0.6) is 0 Å². The molecule has 3 nitrogen and oxygen atoms in total. The Labute approximate surface area is 109 Å². The minimum atomic E-state index is -1.56. The zero-order valence-corrected chi connectivity index (χ0v) is 10.7. The van der Waals surface area contributed by atoms with Gasteiger partial charge >= 0.3 is 0 Å². The number of rotatable bonds is 1. The highest BCUT2D eigenvalue weighted by Crippen LogP contribution is 2.16. The van der Waals surface area contributed by atoms with Crippen LogP contribution in [0, 0.1) is 17.5 Å². The number of benzene rings is 1. The molecule has 0 unspecified atom stereocenters. The summed E-state index contributed by atoms with van der Waals surface area (Å²) in [6, 6.07) is 1.67. The lowest BCUT2D eigenvalue weighted by Gasteiger charge is -2.36. The molecule has 19 heavy (non-hydrogen) atoms. The number of nitrogens with one attached hydrogen (secondary N) is 1. The number of piperazine rings is 1. The van der Waals surface area contributed by atoms with Crippen molar-refractivity contribution in [3.8, 4) is 0 Å². The Kier molecular flexibility index (Phi) is 3.80. The molecule has 2 rings (SSSR count). The fourth-order valence-electron chi connectivity index (χ4n) is 2.35. The van der Waals surface area contributed by atoms with E-state index in [0.29, 0.717) is 13.1 Å². The fourth-order valence-corrected chi connectivity index (χ4v) is 2.35. The molecular formula is C13H15F3N2O. The summed E-state index contributed by atoms with van der Waals surface area (Å²) in [4.78, 5) is 13.7. The Bertz CT molecular complexity index is 474. The number of hydrogen-bond donors (Lipinski definition) is 1. The molecule has 0 bridgehead atoms. The Morgan fingerprint density at radius 2 is 1.63 bits per heavy atom. The van der Waals surface area contributed by atoms with E-state index in [4.69, 9.17) is 0 Å². The summed E-state index contributed by atoms with van der Waals surface area (Å²) in [6.07, 6.45) is 0. The average molecular weight is 272 g/mol. The van der Waals surface area contributed by atoms with Crippen LogP contribution in [0.1, 0.15) is 24.2 Å². The van der Waals surface area contributed by atoms with Crippen molar-refractivity contribution in [1.29, 1.82) is 0 Å². The van der Waals surface area contributed by atoms with Crippen LogP contribution in [0.3, 0.4) is 0 Å². The predicted molar refractivity (Wildman–Crippen MR) is 64.3 cm³/mol. The van der Waals surface area contributed by atoms with Crippen LogP contribution in [0.2, 0.25) is 0 Å². The second kappa shape index (κ2) is 5.21. The van der Waals surface area contributed by atoms with Crippen molar-refractivity contribution in [1.82, 2.24) is 10.2 Å². The Morgan fingerprint density at radius 3 is 2.11 bits per heavy atom. The predicted octanol–water partition coefficient (Wildman–Crippen LogP) is 1.93. The van der Waals surface area contributed by atoms with Crippen molar-refractivity contribution < 1.29 is 18.0 Å². The van der Waals surface area contributed by atoms with Gasteiger partial charge in [0.1, 0.15) is 0 Å². The third-order valence-corrected chi connectivity index (χ3v) is 3.08. The van der Waals surface area contributed by atoms with E-state index in [9.17, 15) is 18.0 Å². The Balaban J connectivity index is 2.24. The number of carbonyl (C=O) groups excluding carboxylic acids is 1. The first-order chi connectivity index (χ1) is 8.88. The molecule has 0 saturated carbocycles. The summed E-state index contributed by atoms with van der Waals surface area (Å²) in [5.74, 6) is -4.74. The molecule has 1 heterocycles. The van der Waals surface area contributed by atoms with Gasteiger partial charge in [-0.05, 0) is 26.0 Å². The lowest BCUT2D eigenvalue weighted by Crippen LogP contribution is -2.55. The summed E-state index contributed by atoms with van der Waals surface area (Å²) >= 11 is 0. The van der Waals surface area contributed by atoms with Gasteiger partial charge in [0, 0.05) is 30.7 Å². The van der Waals surface area contributed by atoms with Crippen LogP contribution in [0.25, 0.3) is 0 Å². The van der Waals surface area contributed by atoms with Crippen molar-refractivity contribution in [2.45, 2.75) is 25.9 Å². The molecule has 1 fully saturated rings. The van der Waals surface area contributed by atoms with Gasteiger partial charge in [0.2, 0.25) is 0 Å². The van der Waals surface area contributed by atoms with Crippen molar-refractivity contribution >= 4 is 5.91 Å². The van der Waals surface area contributed by atoms with E-state index in [1.807, 2.05) is 13.8 Å². The summed E-state index contributed by atoms with van der Waals surface area (Å²) in [5.41, 5.74) is -0.169. The molecule has 0 spiro atoms. The van der Waals surface area contributed by atoms with Crippen molar-refractivity contribution in [2.24, 2.45) is 0 Å². The first kappa shape index (κ1) is 13.9. The van der Waals surface area contributed by atoms with Gasteiger partial charge in [-0.3, -0.25) is 4.79 Å². The SMILES string of the molecule is C[C@@H]1CN(C(=O)c2cc(F)c(F)c(F)c2)C[C@H](C)N1. The third-order valence-electron chi connectivity index (χ3n) is 3.08. The highest BCUT2D eigenvalue weighted by Gasteiger charge is 2.26. The maximum atomic E-state index is 13.1. The molecule has 1 aromatic carbocycles. The molecule has 104 valence electrons. The molecule has 1 N–H and O–H groups in total. The van der Waals surface area contributed by atoms with Crippen LogP contribution in [0.15, 0.2) is 12.1 Å². The molecular weight excluding hydrogens is 257 g/mol. The van der Waals surface area contributed by atoms with E-state index in [1.165, 1.54) is 4.90 Å². The summed E-state index contributed by atoms with van der Waals surface area (Å²) in [6.45, 7) is 4.73. The van der Waals surface area contributed by atoms with Gasteiger partial charge in [-0.1, -0.05) is 0 Å². The maximum absolute atomic E-state index is 13.1. The molecule has 1 aromatic rings. The topological polar surface area (TPSA) is 32.3 Å². The highest BCUT2D eigenvalue weighted by molar-refractivity contribution is 5.94. The summed E-state index contributed by atoms with van der Waals surface area (Å²) in [7, 11) is 0. The molecule has 0 aromatic heterocycles. The summed E-state index contributed by atoms with van der Waals surface area (Å²) in [5, 5.41) is 3.25. The van der Waals surface area contributed by atoms with E-state index in [-0.39, 0.29) is 17.6 Å². The van der Waals surface area contributed by atoms with Gasteiger partial charge in [0.05, 0.1) is 0 Å². The van der Waals surface area contributed by atoms with Crippen molar-refractivity contribution in [2.75, 3.05) is 13.1 Å². The molecule has 1 aliphatic rings. The largest absolute Gasteiger partial charge is 0.336 e. The van der Waals surface area contributed by atoms with E-state index >= 15 is 0 Å². The molecule has 0 aliphatic carbocycles. The van der Waals surface area contributed by atoms with Crippen LogP contribution >= 0.6 is 0 Å². The smallest absolute Gasteiger partial charge is 0.254 e. The van der Waals surface area contributed by atoms with Gasteiger partial charge in [0.15, 0.2) is 17.5 Å². The van der Waals surface area contributed by atoms with Crippen molar-refractivity contribution in [3.05, 3.63) is 35.1 Å². The maximum Gasteiger partial charge on any atom is 0.254 e. The quantitative estimate of drug-likeness (QED) is 0.792. The molecule has 1 aliphatic heterocycles. The average Bonchev–Trinajstić information content (AvgIpc) is 2.33. The van der Waals surface area contributed by atoms with Gasteiger partial charge in [-0.2, -0.15) is 0 Å². The highest BCUT2D eigenvalue weighted by atomic mass is 19.2. The zero-order valence-electron chi connectivity index (χ0n) is 10.7. The number of amides is 1. The normalized spacial score (nSPS) is 23.5. The molecule has 6 heteroatoms. The minimum Gasteiger partial charge on any atom is -0.336 e. The van der Waals surface area contributed by atoms with E-state index in [1.54, 1.807) is 0 Å². The molecule has 0 radical (unpaired) electrons. The van der Waals surface area contributed by atoms with Crippen LogP contribution < -0.4 is 5.32 Å². The second-order valence-electron chi connectivity index (χ2n) is 4.93. The van der Waals surface area contributed by atoms with Crippen molar-refractivity contribution in [3.63, 3.8) is 0 Å². The van der Waals surface area contributed by atoms with E-state index in [2.05, 4.69) is 5.32 Å². The van der Waals surface area contributed by atoms with Crippen LogP contribution in [-0.4, -0.2) is 36.0 Å². The zero-order chi connectivity index (χ0) is 14.2. The molecule has 1 saturated heterocycles. The number of nitrogens with zero attached hydrogens (tertiary/aromatic N) is 1. The third kappa shape index (κ3) is 2.89. The van der Waals surface area contributed by atoms with Crippen LogP contribution in [0.4, 0.5) is 13.2 Å². The van der Waals surface area contributed by atoms with Gasteiger partial charge in [0.25, 0.3) is 5.91 Å². The lowest BCUT2D eigenvalue weighted by molar-refractivity contribution is 0.0672. The van der Waals surface area contributed by atoms with Gasteiger partial charge in [-0.15, -0.1) is 0 Å². The fraction of sp³-hybridized carbons (Fsp3) is 0.462. The number of hydrogen-bond acceptors (Lipinski definition) is 2. The van der Waals surface area contributed by atoms with Crippen LogP contribution in [-0.2, 0) is 0 Å². The first-order valence-electron chi connectivity index (χ1n) is 6.08. The van der Waals surface area contributed by atoms with Gasteiger partial charge < -0.3 is 10.2 Å². The van der Waals surface area contributed by atoms with Gasteiger partial charge in [-0.25, -0.2) is 13.2 Å². The minimum absolute atomic E-state index is 0.0999. The van der Waals surface area contributed by atoms with E-state index in [0.717, 1.165) is 12.1 Å².